The molecule has 0 spiro atoms. The van der Waals surface area contributed by atoms with Crippen molar-refractivity contribution in [1.29, 1.82) is 0 Å². The van der Waals surface area contributed by atoms with Gasteiger partial charge in [0.15, 0.2) is 22.7 Å². The summed E-state index contributed by atoms with van der Waals surface area (Å²) in [6.45, 7) is 5.64. The molecule has 2 aromatic carbocycles. The third-order valence-electron chi connectivity index (χ3n) is 5.97. The summed E-state index contributed by atoms with van der Waals surface area (Å²) in [4.78, 5) is 22.6. The fourth-order valence-electron chi connectivity index (χ4n) is 3.89. The molecule has 12 nitrogen and oxygen atoms in total. The number of ether oxygens (including phenoxy) is 3. The van der Waals surface area contributed by atoms with Crippen molar-refractivity contribution in [3.8, 4) is 0 Å². The molecule has 1 unspecified atom stereocenters. The van der Waals surface area contributed by atoms with Gasteiger partial charge < -0.3 is 29.0 Å². The molecule has 4 aromatic rings. The summed E-state index contributed by atoms with van der Waals surface area (Å²) in [5.74, 6) is -0.00187. The lowest BCUT2D eigenvalue weighted by atomic mass is 10.1. The topological polar surface area (TPSA) is 153 Å². The van der Waals surface area contributed by atoms with Crippen molar-refractivity contribution in [3.63, 3.8) is 0 Å². The van der Waals surface area contributed by atoms with Gasteiger partial charge in [-0.25, -0.2) is 9.37 Å². The van der Waals surface area contributed by atoms with Gasteiger partial charge in [0.1, 0.15) is 18.8 Å². The average Bonchev–Trinajstić information content (AvgIpc) is 3.53. The number of hydrogen-bond acceptors (Lipinski definition) is 10. The summed E-state index contributed by atoms with van der Waals surface area (Å²) in [6, 6.07) is 13.1. The van der Waals surface area contributed by atoms with Crippen LogP contribution in [0.5, 0.6) is 0 Å². The lowest BCUT2D eigenvalue weighted by Gasteiger charge is -2.19. The van der Waals surface area contributed by atoms with Gasteiger partial charge in [-0.05, 0) is 43.3 Å². The van der Waals surface area contributed by atoms with E-state index in [-0.39, 0.29) is 61.6 Å². The van der Waals surface area contributed by atoms with E-state index < -0.39 is 19.0 Å². The van der Waals surface area contributed by atoms with E-state index in [1.54, 1.807) is 4.57 Å². The minimum absolute atomic E-state index is 0.00442. The first-order valence-corrected chi connectivity index (χ1v) is 14.2. The lowest BCUT2D eigenvalue weighted by Crippen LogP contribution is -2.13. The smallest absolute Gasteiger partial charge is 0.356 e. The quantitative estimate of drug-likeness (QED) is 0.181. The monoisotopic (exact) mass is 583 g/mol. The molecule has 0 amide bonds. The fraction of sp³-hybridized carbons (Fsp3) is 0.222. The van der Waals surface area contributed by atoms with Crippen LogP contribution in [-0.2, 0) is 41.0 Å². The van der Waals surface area contributed by atoms with Gasteiger partial charge in [0.2, 0.25) is 5.95 Å². The van der Waals surface area contributed by atoms with Crippen molar-refractivity contribution in [2.45, 2.75) is 20.1 Å². The molecule has 1 aliphatic rings. The molecule has 1 aliphatic heterocycles. The summed E-state index contributed by atoms with van der Waals surface area (Å²) in [5, 5.41) is 0. The molecule has 0 aliphatic carbocycles. The molecule has 3 N–H and O–H groups in total. The van der Waals surface area contributed by atoms with E-state index in [1.165, 1.54) is 30.6 Å². The zero-order valence-corrected chi connectivity index (χ0v) is 22.9. The van der Waals surface area contributed by atoms with Crippen LogP contribution < -0.4 is 11.3 Å². The molecule has 0 saturated carbocycles. The normalized spacial score (nSPS) is 14.7. The zero-order valence-electron chi connectivity index (χ0n) is 22.0. The maximum absolute atomic E-state index is 13.8. The number of aromatic amines is 1. The Balaban J connectivity index is 1.28. The summed E-state index contributed by atoms with van der Waals surface area (Å²) in [5.41, 5.74) is 8.01. The third kappa shape index (κ3) is 6.90. The van der Waals surface area contributed by atoms with Crippen molar-refractivity contribution in [2.24, 2.45) is 0 Å². The first-order chi connectivity index (χ1) is 19.7. The highest BCUT2D eigenvalue weighted by Gasteiger charge is 2.30. The standard InChI is InChI=1S/C27H27FN5O7P/c1-17-3-5-19(6-4-17)13-37-41(35,16-36-12-11-33-15-30-23-25(33)31-27(29)32-26(23)34)38-14-22-24(40-18(2)39-22)20-7-9-21(28)10-8-20/h3-10,15H,2,11-14,16H2,1H3,(H3,29,31,32,34). The van der Waals surface area contributed by atoms with Crippen LogP contribution in [0.3, 0.4) is 0 Å². The number of anilines is 1. The Hall–Kier alpha value is -4.29. The Morgan fingerprint density at radius 3 is 2.59 bits per heavy atom. The van der Waals surface area contributed by atoms with Gasteiger partial charge in [-0.3, -0.25) is 18.9 Å². The number of rotatable bonds is 12. The van der Waals surface area contributed by atoms with Gasteiger partial charge in [0.05, 0.1) is 19.5 Å². The highest BCUT2D eigenvalue weighted by molar-refractivity contribution is 7.53. The number of aromatic nitrogens is 4. The molecular weight excluding hydrogens is 556 g/mol. The number of fused-ring (bicyclic) bond motifs is 1. The van der Waals surface area contributed by atoms with E-state index in [1.807, 2.05) is 31.2 Å². The highest BCUT2D eigenvalue weighted by Crippen LogP contribution is 2.50. The summed E-state index contributed by atoms with van der Waals surface area (Å²) < 4.78 is 57.1. The van der Waals surface area contributed by atoms with Crippen molar-refractivity contribution in [2.75, 3.05) is 25.3 Å². The van der Waals surface area contributed by atoms with Gasteiger partial charge in [-0.2, -0.15) is 4.98 Å². The Bertz CT molecular complexity index is 1700. The Kier molecular flexibility index (Phi) is 8.31. The minimum Gasteiger partial charge on any atom is -0.424 e. The molecule has 214 valence electrons. The number of imidazole rings is 1. The van der Waals surface area contributed by atoms with Crippen LogP contribution in [0.2, 0.25) is 0 Å². The van der Waals surface area contributed by atoms with Crippen LogP contribution in [0.1, 0.15) is 16.7 Å². The third-order valence-corrected chi connectivity index (χ3v) is 7.52. The van der Waals surface area contributed by atoms with Crippen LogP contribution in [0.4, 0.5) is 10.3 Å². The summed E-state index contributed by atoms with van der Waals surface area (Å²) >= 11 is 0. The molecule has 1 atom stereocenters. The zero-order chi connectivity index (χ0) is 29.0. The number of aryl methyl sites for hydroxylation is 1. The maximum Gasteiger partial charge on any atom is 0.356 e. The summed E-state index contributed by atoms with van der Waals surface area (Å²) in [7, 11) is -3.86. The molecule has 0 radical (unpaired) electrons. The van der Waals surface area contributed by atoms with Gasteiger partial charge >= 0.3 is 7.60 Å². The molecule has 41 heavy (non-hydrogen) atoms. The second-order valence-electron chi connectivity index (χ2n) is 9.08. The van der Waals surface area contributed by atoms with Crippen LogP contribution in [0.15, 0.2) is 77.9 Å². The predicted molar refractivity (Wildman–Crippen MR) is 148 cm³/mol. The summed E-state index contributed by atoms with van der Waals surface area (Å²) in [6.07, 6.45) is 1.05. The Morgan fingerprint density at radius 1 is 1.10 bits per heavy atom. The van der Waals surface area contributed by atoms with Crippen LogP contribution >= 0.6 is 7.60 Å². The van der Waals surface area contributed by atoms with Gasteiger partial charge in [0, 0.05) is 12.1 Å². The number of hydrogen-bond donors (Lipinski definition) is 2. The van der Waals surface area contributed by atoms with Crippen LogP contribution in [-0.4, -0.2) is 39.1 Å². The van der Waals surface area contributed by atoms with Gasteiger partial charge in [-0.15, -0.1) is 0 Å². The number of nitrogens with two attached hydrogens (primary N) is 1. The van der Waals surface area contributed by atoms with Crippen molar-refractivity contribution >= 4 is 30.5 Å². The Morgan fingerprint density at radius 2 is 1.83 bits per heavy atom. The largest absolute Gasteiger partial charge is 0.424 e. The lowest BCUT2D eigenvalue weighted by molar-refractivity contribution is 0.115. The molecule has 2 aromatic heterocycles. The maximum atomic E-state index is 13.8. The van der Waals surface area contributed by atoms with E-state index >= 15 is 0 Å². The fourth-order valence-corrected chi connectivity index (χ4v) is 5.13. The highest BCUT2D eigenvalue weighted by atomic mass is 31.2. The van der Waals surface area contributed by atoms with Crippen molar-refractivity contribution in [1.82, 2.24) is 19.5 Å². The molecule has 0 fully saturated rings. The molecule has 5 rings (SSSR count). The number of benzene rings is 2. The number of halogens is 1. The Labute approximate surface area is 233 Å². The number of H-pyrrole nitrogens is 1. The van der Waals surface area contributed by atoms with Gasteiger partial charge in [0.25, 0.3) is 11.5 Å². The SMILES string of the molecule is C=C1OC(COP(=O)(COCCn2cnc3c(=O)[nH]c(N)nc32)OCc2ccc(C)cc2)=C(c2ccc(F)cc2)O1. The first-order valence-electron chi connectivity index (χ1n) is 12.4. The van der Waals surface area contributed by atoms with Crippen molar-refractivity contribution in [3.05, 3.63) is 106 Å². The van der Waals surface area contributed by atoms with E-state index in [9.17, 15) is 13.8 Å². The van der Waals surface area contributed by atoms with Crippen LogP contribution in [0, 0.1) is 12.7 Å². The van der Waals surface area contributed by atoms with E-state index in [0.29, 0.717) is 11.2 Å². The second-order valence-corrected chi connectivity index (χ2v) is 11.1. The minimum atomic E-state index is -3.86. The van der Waals surface area contributed by atoms with E-state index in [4.69, 9.17) is 29.0 Å². The number of nitrogen functional groups attached to an aromatic ring is 1. The van der Waals surface area contributed by atoms with Crippen LogP contribution in [0.25, 0.3) is 16.9 Å². The van der Waals surface area contributed by atoms with E-state index in [0.717, 1.165) is 11.1 Å². The average molecular weight is 584 g/mol. The molecule has 14 heteroatoms. The number of nitrogens with one attached hydrogen (secondary N) is 1. The molecule has 3 heterocycles. The predicted octanol–water partition coefficient (Wildman–Crippen LogP) is 4.44. The van der Waals surface area contributed by atoms with Crippen molar-refractivity contribution < 1.29 is 32.2 Å². The van der Waals surface area contributed by atoms with Gasteiger partial charge in [-0.1, -0.05) is 29.8 Å². The molecule has 0 saturated heterocycles. The molecular formula is C27H27FN5O7P. The van der Waals surface area contributed by atoms with E-state index in [2.05, 4.69) is 21.5 Å². The molecule has 0 bridgehead atoms. The second kappa shape index (κ2) is 12.1. The first kappa shape index (κ1) is 28.2. The number of nitrogens with zero attached hydrogens (tertiary/aromatic N) is 3.